The normalized spacial score (nSPS) is 11.5. The number of hydrogen-bond acceptors (Lipinski definition) is 3. The number of methoxy groups -OCH3 is 1. The highest BCUT2D eigenvalue weighted by atomic mass is 16.5. The number of hydrogen-bond donors (Lipinski definition) is 2. The Morgan fingerprint density at radius 2 is 2.07 bits per heavy atom. The Balaban J connectivity index is 2.80. The molecule has 0 atom stereocenters. The number of benzene rings is 1. The van der Waals surface area contributed by atoms with Crippen LogP contribution in [0.4, 0.5) is 11.4 Å². The second-order valence-corrected chi connectivity index (χ2v) is 4.53. The predicted octanol–water partition coefficient (Wildman–Crippen LogP) is 2.41. The lowest BCUT2D eigenvalue weighted by molar-refractivity contribution is 0.158. The molecule has 0 unspecified atom stereocenters. The maximum atomic E-state index is 5.92. The van der Waals surface area contributed by atoms with Crippen molar-refractivity contribution in [1.29, 1.82) is 0 Å². The van der Waals surface area contributed by atoms with Gasteiger partial charge in [-0.1, -0.05) is 6.07 Å². The molecule has 0 bridgehead atoms. The second-order valence-electron chi connectivity index (χ2n) is 4.53. The van der Waals surface area contributed by atoms with Gasteiger partial charge in [0, 0.05) is 7.11 Å². The molecule has 0 aromatic heterocycles. The largest absolute Gasteiger partial charge is 0.397 e. The molecule has 0 aliphatic carbocycles. The SMILES string of the molecule is COCC(C)(C)Nc1ccc(C)cc1N. The zero-order valence-corrected chi connectivity index (χ0v) is 9.92. The third kappa shape index (κ3) is 3.44. The summed E-state index contributed by atoms with van der Waals surface area (Å²) in [6.45, 7) is 6.83. The van der Waals surface area contributed by atoms with Crippen molar-refractivity contribution in [3.63, 3.8) is 0 Å². The van der Waals surface area contributed by atoms with Crippen molar-refractivity contribution in [2.45, 2.75) is 26.3 Å². The van der Waals surface area contributed by atoms with Crippen molar-refractivity contribution in [3.05, 3.63) is 23.8 Å². The van der Waals surface area contributed by atoms with Gasteiger partial charge in [-0.3, -0.25) is 0 Å². The van der Waals surface area contributed by atoms with E-state index < -0.39 is 0 Å². The zero-order chi connectivity index (χ0) is 11.5. The number of ether oxygens (including phenoxy) is 1. The molecule has 0 aliphatic heterocycles. The number of aryl methyl sites for hydroxylation is 1. The van der Waals surface area contributed by atoms with E-state index in [0.29, 0.717) is 6.61 Å². The summed E-state index contributed by atoms with van der Waals surface area (Å²) in [4.78, 5) is 0. The van der Waals surface area contributed by atoms with Crippen molar-refractivity contribution in [2.75, 3.05) is 24.8 Å². The Labute approximate surface area is 91.6 Å². The zero-order valence-electron chi connectivity index (χ0n) is 9.92. The van der Waals surface area contributed by atoms with Crippen LogP contribution < -0.4 is 11.1 Å². The van der Waals surface area contributed by atoms with Crippen molar-refractivity contribution < 1.29 is 4.74 Å². The fourth-order valence-corrected chi connectivity index (χ4v) is 1.56. The molecule has 0 radical (unpaired) electrons. The van der Waals surface area contributed by atoms with Gasteiger partial charge in [0.25, 0.3) is 0 Å². The number of nitrogens with one attached hydrogen (secondary N) is 1. The van der Waals surface area contributed by atoms with Crippen LogP contribution in [0.3, 0.4) is 0 Å². The number of anilines is 2. The lowest BCUT2D eigenvalue weighted by atomic mass is 10.1. The Hall–Kier alpha value is -1.22. The molecule has 0 aliphatic rings. The number of nitrogen functional groups attached to an aromatic ring is 1. The van der Waals surface area contributed by atoms with E-state index in [1.165, 1.54) is 5.56 Å². The van der Waals surface area contributed by atoms with Crippen LogP contribution in [0.5, 0.6) is 0 Å². The Kier molecular flexibility index (Phi) is 3.58. The van der Waals surface area contributed by atoms with Crippen LogP contribution in [0.2, 0.25) is 0 Å². The molecule has 0 amide bonds. The Morgan fingerprint density at radius 3 is 2.60 bits per heavy atom. The number of nitrogens with two attached hydrogens (primary N) is 1. The molecule has 15 heavy (non-hydrogen) atoms. The van der Waals surface area contributed by atoms with Crippen LogP contribution in [-0.4, -0.2) is 19.3 Å². The monoisotopic (exact) mass is 208 g/mol. The third-order valence-electron chi connectivity index (χ3n) is 2.19. The fraction of sp³-hybridized carbons (Fsp3) is 0.500. The Morgan fingerprint density at radius 1 is 1.40 bits per heavy atom. The molecule has 1 rings (SSSR count). The summed E-state index contributed by atoms with van der Waals surface area (Å²) in [6, 6.07) is 6.01. The maximum Gasteiger partial charge on any atom is 0.0687 e. The van der Waals surface area contributed by atoms with Gasteiger partial charge in [-0.25, -0.2) is 0 Å². The van der Waals surface area contributed by atoms with Crippen molar-refractivity contribution in [2.24, 2.45) is 0 Å². The lowest BCUT2D eigenvalue weighted by Crippen LogP contribution is -2.36. The van der Waals surface area contributed by atoms with Crippen molar-refractivity contribution in [3.8, 4) is 0 Å². The van der Waals surface area contributed by atoms with Gasteiger partial charge in [-0.2, -0.15) is 0 Å². The van der Waals surface area contributed by atoms with Crippen LogP contribution >= 0.6 is 0 Å². The maximum absolute atomic E-state index is 5.92. The van der Waals surface area contributed by atoms with Crippen molar-refractivity contribution in [1.82, 2.24) is 0 Å². The van der Waals surface area contributed by atoms with Gasteiger partial charge in [-0.15, -0.1) is 0 Å². The number of rotatable bonds is 4. The molecule has 0 heterocycles. The topological polar surface area (TPSA) is 47.3 Å². The van der Waals surface area contributed by atoms with Gasteiger partial charge >= 0.3 is 0 Å². The fourth-order valence-electron chi connectivity index (χ4n) is 1.56. The van der Waals surface area contributed by atoms with E-state index in [-0.39, 0.29) is 5.54 Å². The van der Waals surface area contributed by atoms with Crippen LogP contribution in [0.25, 0.3) is 0 Å². The molecule has 84 valence electrons. The van der Waals surface area contributed by atoms with E-state index >= 15 is 0 Å². The summed E-state index contributed by atoms with van der Waals surface area (Å²) in [5.41, 5.74) is 8.72. The average Bonchev–Trinajstić information content (AvgIpc) is 2.09. The van der Waals surface area contributed by atoms with Gasteiger partial charge in [0.15, 0.2) is 0 Å². The molecule has 3 nitrogen and oxygen atoms in total. The molecule has 3 N–H and O–H groups in total. The van der Waals surface area contributed by atoms with Crippen LogP contribution in [-0.2, 0) is 4.74 Å². The van der Waals surface area contributed by atoms with Crippen LogP contribution in [0, 0.1) is 6.92 Å². The first kappa shape index (κ1) is 11.9. The molecule has 0 saturated heterocycles. The van der Waals surface area contributed by atoms with Gasteiger partial charge in [0.05, 0.1) is 23.5 Å². The van der Waals surface area contributed by atoms with E-state index in [4.69, 9.17) is 10.5 Å². The van der Waals surface area contributed by atoms with Gasteiger partial charge < -0.3 is 15.8 Å². The van der Waals surface area contributed by atoms with E-state index in [2.05, 4.69) is 19.2 Å². The smallest absolute Gasteiger partial charge is 0.0687 e. The summed E-state index contributed by atoms with van der Waals surface area (Å²) >= 11 is 0. The first-order valence-electron chi connectivity index (χ1n) is 5.08. The molecule has 0 spiro atoms. The molecular formula is C12H20N2O. The quantitative estimate of drug-likeness (QED) is 0.747. The highest BCUT2D eigenvalue weighted by Crippen LogP contribution is 2.23. The summed E-state index contributed by atoms with van der Waals surface area (Å²) in [6.07, 6.45) is 0. The van der Waals surface area contributed by atoms with Gasteiger partial charge in [0.2, 0.25) is 0 Å². The molecular weight excluding hydrogens is 188 g/mol. The molecule has 1 aromatic carbocycles. The average molecular weight is 208 g/mol. The van der Waals surface area contributed by atoms with E-state index in [1.807, 2.05) is 25.1 Å². The molecule has 1 aromatic rings. The highest BCUT2D eigenvalue weighted by Gasteiger charge is 2.17. The second kappa shape index (κ2) is 4.53. The predicted molar refractivity (Wildman–Crippen MR) is 65.2 cm³/mol. The van der Waals surface area contributed by atoms with Crippen molar-refractivity contribution >= 4 is 11.4 Å². The third-order valence-corrected chi connectivity index (χ3v) is 2.19. The minimum Gasteiger partial charge on any atom is -0.397 e. The van der Waals surface area contributed by atoms with Crippen LogP contribution in [0.15, 0.2) is 18.2 Å². The van der Waals surface area contributed by atoms with Gasteiger partial charge in [0.1, 0.15) is 0 Å². The minimum atomic E-state index is -0.113. The first-order valence-corrected chi connectivity index (χ1v) is 5.08. The van der Waals surface area contributed by atoms with E-state index in [9.17, 15) is 0 Å². The highest BCUT2D eigenvalue weighted by molar-refractivity contribution is 5.67. The van der Waals surface area contributed by atoms with Gasteiger partial charge in [-0.05, 0) is 38.5 Å². The van der Waals surface area contributed by atoms with E-state index in [1.54, 1.807) is 7.11 Å². The Bertz CT molecular complexity index is 334. The first-order chi connectivity index (χ1) is 6.94. The lowest BCUT2D eigenvalue weighted by Gasteiger charge is -2.27. The summed E-state index contributed by atoms with van der Waals surface area (Å²) in [5, 5.41) is 3.36. The van der Waals surface area contributed by atoms with E-state index in [0.717, 1.165) is 11.4 Å². The minimum absolute atomic E-state index is 0.113. The molecule has 0 fully saturated rings. The summed E-state index contributed by atoms with van der Waals surface area (Å²) < 4.78 is 5.14. The molecule has 3 heteroatoms. The standard InChI is InChI=1S/C12H20N2O/c1-9-5-6-11(10(13)7-9)14-12(2,3)8-15-4/h5-7,14H,8,13H2,1-4H3. The summed E-state index contributed by atoms with van der Waals surface area (Å²) in [7, 11) is 1.70. The summed E-state index contributed by atoms with van der Waals surface area (Å²) in [5.74, 6) is 0. The molecule has 0 saturated carbocycles. The van der Waals surface area contributed by atoms with Crippen LogP contribution in [0.1, 0.15) is 19.4 Å².